The summed E-state index contributed by atoms with van der Waals surface area (Å²) in [6.07, 6.45) is 4.20. The van der Waals surface area contributed by atoms with E-state index in [2.05, 4.69) is 0 Å². The van der Waals surface area contributed by atoms with Crippen LogP contribution >= 0.6 is 0 Å². The molecule has 0 amide bonds. The largest absolute Gasteiger partial charge is 0.506 e. The summed E-state index contributed by atoms with van der Waals surface area (Å²) in [7, 11) is 0. The molecule has 0 unspecified atom stereocenters. The van der Waals surface area contributed by atoms with Gasteiger partial charge >= 0.3 is 0 Å². The molecular formula is C8H9NO2. The quantitative estimate of drug-likeness (QED) is 0.503. The molecule has 1 aliphatic carbocycles. The number of aliphatic hydroxyl groups excluding tert-OH is 1. The Bertz CT molecular complexity index is 284. The predicted molar refractivity (Wildman–Crippen MR) is 41.7 cm³/mol. The maximum absolute atomic E-state index is 11.0. The second kappa shape index (κ2) is 2.62. The molecule has 0 bridgehead atoms. The molecule has 58 valence electrons. The fourth-order valence-electron chi connectivity index (χ4n) is 0.826. The van der Waals surface area contributed by atoms with Gasteiger partial charge in [0.2, 0.25) is 0 Å². The first-order chi connectivity index (χ1) is 5.15. The van der Waals surface area contributed by atoms with Crippen LogP contribution in [0.25, 0.3) is 0 Å². The van der Waals surface area contributed by atoms with Crippen LogP contribution in [-0.4, -0.2) is 10.9 Å². The Morgan fingerprint density at radius 3 is 2.73 bits per heavy atom. The van der Waals surface area contributed by atoms with Crippen LogP contribution in [0.15, 0.2) is 35.3 Å². The van der Waals surface area contributed by atoms with E-state index in [-0.39, 0.29) is 17.2 Å². The first-order valence-corrected chi connectivity index (χ1v) is 3.24. The van der Waals surface area contributed by atoms with Gasteiger partial charge in [0.25, 0.3) is 0 Å². The number of ketones is 1. The van der Waals surface area contributed by atoms with Gasteiger partial charge in [-0.15, -0.1) is 0 Å². The molecule has 0 aromatic carbocycles. The number of nitrogens with two attached hydrogens (primary N) is 1. The van der Waals surface area contributed by atoms with Crippen LogP contribution in [0, 0.1) is 0 Å². The summed E-state index contributed by atoms with van der Waals surface area (Å²) in [6, 6.07) is 0. The first-order valence-electron chi connectivity index (χ1n) is 3.24. The average molecular weight is 151 g/mol. The van der Waals surface area contributed by atoms with E-state index >= 15 is 0 Å². The van der Waals surface area contributed by atoms with Crippen molar-refractivity contribution in [1.82, 2.24) is 0 Å². The van der Waals surface area contributed by atoms with Crippen LogP contribution < -0.4 is 5.73 Å². The van der Waals surface area contributed by atoms with E-state index in [0.717, 1.165) is 0 Å². The highest BCUT2D eigenvalue weighted by molar-refractivity contribution is 6.08. The van der Waals surface area contributed by atoms with Gasteiger partial charge in [0.1, 0.15) is 5.76 Å². The summed E-state index contributed by atoms with van der Waals surface area (Å²) in [5.74, 6) is -0.208. The zero-order valence-corrected chi connectivity index (χ0v) is 6.16. The molecule has 0 aromatic heterocycles. The molecule has 3 nitrogen and oxygen atoms in total. The van der Waals surface area contributed by atoms with Crippen LogP contribution in [0.3, 0.4) is 0 Å². The van der Waals surface area contributed by atoms with E-state index in [4.69, 9.17) is 10.8 Å². The molecule has 3 N–H and O–H groups in total. The van der Waals surface area contributed by atoms with Gasteiger partial charge in [-0.2, -0.15) is 0 Å². The Morgan fingerprint density at radius 1 is 1.55 bits per heavy atom. The highest BCUT2D eigenvalue weighted by atomic mass is 16.3. The Labute approximate surface area is 64.5 Å². The molecule has 3 heteroatoms. The lowest BCUT2D eigenvalue weighted by Crippen LogP contribution is -2.11. The van der Waals surface area contributed by atoms with Crippen molar-refractivity contribution in [3.05, 3.63) is 35.3 Å². The van der Waals surface area contributed by atoms with Gasteiger partial charge in [-0.25, -0.2) is 0 Å². The van der Waals surface area contributed by atoms with Gasteiger partial charge in [-0.1, -0.05) is 6.08 Å². The minimum absolute atomic E-state index is 0.0438. The van der Waals surface area contributed by atoms with Crippen molar-refractivity contribution < 1.29 is 9.90 Å². The number of carbonyl (C=O) groups excluding carboxylic acids is 1. The molecule has 1 rings (SSSR count). The van der Waals surface area contributed by atoms with E-state index in [1.807, 2.05) is 0 Å². The van der Waals surface area contributed by atoms with Gasteiger partial charge in [0.15, 0.2) is 5.78 Å². The number of aliphatic hydroxyl groups is 1. The standard InChI is InChI=1S/C8H9NO2/c1-2-5-3-8(11)6(9)4-7(5)10/h2-4,11H,9H2,1H3. The Kier molecular flexibility index (Phi) is 1.81. The normalized spacial score (nSPS) is 21.5. The molecule has 0 heterocycles. The monoisotopic (exact) mass is 151 g/mol. The van der Waals surface area contributed by atoms with E-state index in [1.165, 1.54) is 12.2 Å². The first kappa shape index (κ1) is 7.60. The molecule has 0 saturated heterocycles. The minimum atomic E-state index is -0.164. The third kappa shape index (κ3) is 1.32. The van der Waals surface area contributed by atoms with Crippen LogP contribution in [0.2, 0.25) is 0 Å². The van der Waals surface area contributed by atoms with Crippen LogP contribution in [0.4, 0.5) is 0 Å². The van der Waals surface area contributed by atoms with E-state index in [0.29, 0.717) is 5.57 Å². The fourth-order valence-corrected chi connectivity index (χ4v) is 0.826. The van der Waals surface area contributed by atoms with Crippen molar-refractivity contribution >= 4 is 5.78 Å². The van der Waals surface area contributed by atoms with Crippen molar-refractivity contribution in [2.24, 2.45) is 5.73 Å². The summed E-state index contributed by atoms with van der Waals surface area (Å²) in [5.41, 5.74) is 5.88. The number of hydrogen-bond acceptors (Lipinski definition) is 3. The topological polar surface area (TPSA) is 63.3 Å². The van der Waals surface area contributed by atoms with Crippen molar-refractivity contribution in [3.63, 3.8) is 0 Å². The lowest BCUT2D eigenvalue weighted by molar-refractivity contribution is -0.111. The highest BCUT2D eigenvalue weighted by Crippen LogP contribution is 2.13. The third-order valence-electron chi connectivity index (χ3n) is 1.47. The number of carbonyl (C=O) groups is 1. The second-order valence-corrected chi connectivity index (χ2v) is 2.24. The van der Waals surface area contributed by atoms with Gasteiger partial charge in [0, 0.05) is 11.6 Å². The average Bonchev–Trinajstić information content (AvgIpc) is 1.97. The fraction of sp³-hybridized carbons (Fsp3) is 0.125. The Hall–Kier alpha value is -1.51. The molecule has 0 fully saturated rings. The Morgan fingerprint density at radius 2 is 2.18 bits per heavy atom. The van der Waals surface area contributed by atoms with Crippen molar-refractivity contribution in [2.75, 3.05) is 0 Å². The lowest BCUT2D eigenvalue weighted by Gasteiger charge is -2.06. The minimum Gasteiger partial charge on any atom is -0.506 e. The molecule has 0 radical (unpaired) electrons. The van der Waals surface area contributed by atoms with Crippen LogP contribution in [-0.2, 0) is 4.79 Å². The smallest absolute Gasteiger partial charge is 0.187 e. The molecule has 1 aliphatic rings. The predicted octanol–water partition coefficient (Wildman–Crippen LogP) is 0.800. The van der Waals surface area contributed by atoms with Crippen LogP contribution in [0.5, 0.6) is 0 Å². The molecule has 0 aromatic rings. The van der Waals surface area contributed by atoms with Gasteiger partial charge < -0.3 is 10.8 Å². The molecule has 0 aliphatic heterocycles. The van der Waals surface area contributed by atoms with Crippen LogP contribution in [0.1, 0.15) is 6.92 Å². The lowest BCUT2D eigenvalue weighted by atomic mass is 10.0. The zero-order chi connectivity index (χ0) is 8.43. The number of hydrogen-bond donors (Lipinski definition) is 2. The van der Waals surface area contributed by atoms with Gasteiger partial charge in [0.05, 0.1) is 5.70 Å². The molecule has 0 saturated carbocycles. The third-order valence-corrected chi connectivity index (χ3v) is 1.47. The molecular weight excluding hydrogens is 142 g/mol. The molecule has 0 atom stereocenters. The van der Waals surface area contributed by atoms with Crippen molar-refractivity contribution in [3.8, 4) is 0 Å². The van der Waals surface area contributed by atoms with E-state index < -0.39 is 0 Å². The summed E-state index contributed by atoms with van der Waals surface area (Å²) < 4.78 is 0. The van der Waals surface area contributed by atoms with E-state index in [1.54, 1.807) is 13.0 Å². The van der Waals surface area contributed by atoms with Crippen molar-refractivity contribution in [1.29, 1.82) is 0 Å². The zero-order valence-electron chi connectivity index (χ0n) is 6.16. The maximum atomic E-state index is 11.0. The molecule has 11 heavy (non-hydrogen) atoms. The number of rotatable bonds is 0. The van der Waals surface area contributed by atoms with E-state index in [9.17, 15) is 4.79 Å². The summed E-state index contributed by atoms with van der Waals surface area (Å²) in [4.78, 5) is 11.0. The van der Waals surface area contributed by atoms with Crippen molar-refractivity contribution in [2.45, 2.75) is 6.92 Å². The Balaban J connectivity index is 3.08. The SMILES string of the molecule is CC=C1C=C(O)C(N)=CC1=O. The highest BCUT2D eigenvalue weighted by Gasteiger charge is 2.12. The summed E-state index contributed by atoms with van der Waals surface area (Å²) >= 11 is 0. The second-order valence-electron chi connectivity index (χ2n) is 2.24. The summed E-state index contributed by atoms with van der Waals surface area (Å²) in [6.45, 7) is 1.73. The maximum Gasteiger partial charge on any atom is 0.187 e. The number of allylic oxidation sites excluding steroid dienone is 4. The van der Waals surface area contributed by atoms with Gasteiger partial charge in [-0.3, -0.25) is 4.79 Å². The molecule has 0 spiro atoms. The van der Waals surface area contributed by atoms with Gasteiger partial charge in [-0.05, 0) is 13.0 Å². The summed E-state index contributed by atoms with van der Waals surface area (Å²) in [5, 5.41) is 9.07.